The Hall–Kier alpha value is -3.46. The van der Waals surface area contributed by atoms with Crippen molar-refractivity contribution in [1.29, 1.82) is 0 Å². The zero-order valence-corrected chi connectivity index (χ0v) is 19.1. The quantitative estimate of drug-likeness (QED) is 0.252. The molecule has 2 heteroatoms. The van der Waals surface area contributed by atoms with Crippen molar-refractivity contribution in [2.45, 2.75) is 13.8 Å². The molecule has 0 bridgehead atoms. The molecule has 0 aliphatic heterocycles. The maximum Gasteiger partial charge on any atom is 0.307 e. The number of quaternary nitrogens is 2. The van der Waals surface area contributed by atoms with Gasteiger partial charge in [-0.3, -0.25) is 0 Å². The lowest BCUT2D eigenvalue weighted by Gasteiger charge is -2.45. The summed E-state index contributed by atoms with van der Waals surface area (Å²) in [7, 11) is 0. The van der Waals surface area contributed by atoms with Crippen LogP contribution in [-0.2, 0) is 0 Å². The smallest absolute Gasteiger partial charge is 0.181 e. The number of para-hydroxylation sites is 4. The lowest BCUT2D eigenvalue weighted by Crippen LogP contribution is -2.57. The Labute approximate surface area is 192 Å². The zero-order valence-electron chi connectivity index (χ0n) is 19.1. The van der Waals surface area contributed by atoms with Crippen LogP contribution in [0.3, 0.4) is 0 Å². The van der Waals surface area contributed by atoms with E-state index < -0.39 is 0 Å². The predicted octanol–water partition coefficient (Wildman–Crippen LogP) is 8.18. The Morgan fingerprint density at radius 1 is 0.469 bits per heavy atom. The third kappa shape index (κ3) is 3.48. The molecule has 0 atom stereocenters. The van der Waals surface area contributed by atoms with Gasteiger partial charge in [0.1, 0.15) is 22.7 Å². The molecular weight excluding hydrogens is 388 g/mol. The van der Waals surface area contributed by atoms with E-state index in [9.17, 15) is 0 Å². The van der Waals surface area contributed by atoms with Gasteiger partial charge in [0, 0.05) is 55.1 Å². The van der Waals surface area contributed by atoms with E-state index in [2.05, 4.69) is 135 Å². The summed E-state index contributed by atoms with van der Waals surface area (Å²) >= 11 is 0. The van der Waals surface area contributed by atoms with Gasteiger partial charge in [0.2, 0.25) is 0 Å². The van der Waals surface area contributed by atoms with Gasteiger partial charge in [-0.25, -0.2) is 0 Å². The summed E-state index contributed by atoms with van der Waals surface area (Å²) in [6.07, 6.45) is 0. The number of rotatable bonds is 8. The fourth-order valence-corrected chi connectivity index (χ4v) is 5.01. The van der Waals surface area contributed by atoms with Crippen LogP contribution in [0.4, 0.5) is 22.7 Å². The van der Waals surface area contributed by atoms with Crippen LogP contribution in [0.2, 0.25) is 0 Å². The normalized spacial score (nSPS) is 11.8. The monoisotopic (exact) mass is 420 g/mol. The molecule has 4 aromatic carbocycles. The first-order chi connectivity index (χ1) is 15.7. The minimum atomic E-state index is 0.569. The maximum atomic E-state index is 4.89. The number of nitrogens with zero attached hydrogens (tertiary/aromatic N) is 2. The third-order valence-corrected chi connectivity index (χ3v) is 6.62. The Bertz CT molecular complexity index is 965. The highest BCUT2D eigenvalue weighted by atomic mass is 15.6. The number of hydrogen-bond donors (Lipinski definition) is 0. The van der Waals surface area contributed by atoms with Crippen LogP contribution < -0.4 is 8.97 Å². The second kappa shape index (κ2) is 9.35. The van der Waals surface area contributed by atoms with Gasteiger partial charge in [-0.1, -0.05) is 72.8 Å². The van der Waals surface area contributed by atoms with E-state index in [0.29, 0.717) is 8.97 Å². The summed E-state index contributed by atoms with van der Waals surface area (Å²) in [6.45, 7) is 11.1. The van der Waals surface area contributed by atoms with E-state index in [1.54, 1.807) is 0 Å². The van der Waals surface area contributed by atoms with E-state index in [-0.39, 0.29) is 0 Å². The molecule has 0 aliphatic rings. The highest BCUT2D eigenvalue weighted by Gasteiger charge is 2.50. The second-order valence-electron chi connectivity index (χ2n) is 8.01. The molecule has 0 aromatic heterocycles. The molecular formula is C30H32N2+2. The molecule has 0 radical (unpaired) electrons. The molecule has 0 spiro atoms. The Kier molecular flexibility index (Phi) is 6.36. The van der Waals surface area contributed by atoms with Crippen LogP contribution in [0.25, 0.3) is 0 Å². The van der Waals surface area contributed by atoms with Crippen molar-refractivity contribution < 1.29 is 0 Å². The van der Waals surface area contributed by atoms with E-state index >= 15 is 0 Å². The molecule has 160 valence electrons. The second-order valence-corrected chi connectivity index (χ2v) is 8.01. The van der Waals surface area contributed by atoms with Crippen LogP contribution in [0.5, 0.6) is 0 Å². The molecule has 0 heterocycles. The molecule has 0 fully saturated rings. The van der Waals surface area contributed by atoms with Gasteiger partial charge < -0.3 is 0 Å². The van der Waals surface area contributed by atoms with Gasteiger partial charge in [0.25, 0.3) is 0 Å². The van der Waals surface area contributed by atoms with Crippen molar-refractivity contribution in [3.8, 4) is 0 Å². The molecule has 0 N–H and O–H groups in total. The molecule has 0 aliphatic carbocycles. The van der Waals surface area contributed by atoms with Crippen LogP contribution in [0, 0.1) is 0 Å². The lowest BCUT2D eigenvalue weighted by molar-refractivity contribution is 0.342. The molecule has 0 unspecified atom stereocenters. The molecule has 4 aromatic rings. The van der Waals surface area contributed by atoms with Crippen LogP contribution >= 0.6 is 0 Å². The first-order valence-electron chi connectivity index (χ1n) is 11.4. The SMILES string of the molecule is C=C([N+](CC)(c1ccccc1)c1ccccc1)[N+](CC)(c1ccccc1)c1ccccc1. The van der Waals surface area contributed by atoms with Crippen molar-refractivity contribution >= 4 is 22.7 Å². The summed E-state index contributed by atoms with van der Waals surface area (Å²) in [5, 5.41) is 0. The maximum absolute atomic E-state index is 4.89. The van der Waals surface area contributed by atoms with Crippen molar-refractivity contribution in [3.63, 3.8) is 0 Å². The van der Waals surface area contributed by atoms with Gasteiger partial charge in [-0.15, -0.1) is 0 Å². The summed E-state index contributed by atoms with van der Waals surface area (Å²) in [4.78, 5) is 0. The first kappa shape index (κ1) is 21.8. The average Bonchev–Trinajstić information content (AvgIpc) is 2.88. The standard InChI is InChI=1S/C30H32N2/c1-4-31(27-18-10-6-11-19-27,28-20-12-7-13-21-28)26(3)32(5-2,29-22-14-8-15-23-29)30-24-16-9-17-25-30/h6-25H,3-5H2,1-2H3/q+2. The minimum Gasteiger partial charge on any atom is -0.181 e. The fraction of sp³-hybridized carbons (Fsp3) is 0.133. The number of hydrogen-bond acceptors (Lipinski definition) is 0. The largest absolute Gasteiger partial charge is 0.307 e. The van der Waals surface area contributed by atoms with Crippen LogP contribution in [-0.4, -0.2) is 13.1 Å². The number of benzene rings is 4. The molecule has 4 rings (SSSR count). The Balaban J connectivity index is 2.07. The van der Waals surface area contributed by atoms with E-state index in [0.717, 1.165) is 18.9 Å². The lowest BCUT2D eigenvalue weighted by atomic mass is 10.1. The molecule has 0 amide bonds. The van der Waals surface area contributed by atoms with E-state index in [4.69, 9.17) is 6.58 Å². The molecule has 0 saturated carbocycles. The van der Waals surface area contributed by atoms with E-state index in [1.165, 1.54) is 22.7 Å². The van der Waals surface area contributed by atoms with Gasteiger partial charge >= 0.3 is 5.82 Å². The molecule has 0 saturated heterocycles. The fourth-order valence-electron chi connectivity index (χ4n) is 5.01. The van der Waals surface area contributed by atoms with Crippen molar-refractivity contribution in [1.82, 2.24) is 8.97 Å². The van der Waals surface area contributed by atoms with Crippen molar-refractivity contribution in [2.24, 2.45) is 0 Å². The van der Waals surface area contributed by atoms with Gasteiger partial charge in [-0.05, 0) is 13.8 Å². The zero-order chi connectivity index (χ0) is 22.4. The minimum absolute atomic E-state index is 0.569. The third-order valence-electron chi connectivity index (χ3n) is 6.62. The molecule has 32 heavy (non-hydrogen) atoms. The Morgan fingerprint density at radius 3 is 0.875 bits per heavy atom. The topological polar surface area (TPSA) is 0 Å². The summed E-state index contributed by atoms with van der Waals surface area (Å²) in [6, 6.07) is 43.1. The van der Waals surface area contributed by atoms with Gasteiger partial charge in [-0.2, -0.15) is 8.97 Å². The summed E-state index contributed by atoms with van der Waals surface area (Å²) in [5.41, 5.74) is 4.87. The van der Waals surface area contributed by atoms with Crippen LogP contribution in [0.15, 0.2) is 134 Å². The summed E-state index contributed by atoms with van der Waals surface area (Å²) < 4.78 is 1.14. The average molecular weight is 421 g/mol. The van der Waals surface area contributed by atoms with Gasteiger partial charge in [0.15, 0.2) is 0 Å². The van der Waals surface area contributed by atoms with Crippen LogP contribution in [0.1, 0.15) is 13.8 Å². The summed E-state index contributed by atoms with van der Waals surface area (Å²) in [5.74, 6) is 1.10. The predicted molar refractivity (Wildman–Crippen MR) is 139 cm³/mol. The Morgan fingerprint density at radius 2 is 0.688 bits per heavy atom. The van der Waals surface area contributed by atoms with E-state index in [1.807, 2.05) is 0 Å². The molecule has 2 nitrogen and oxygen atoms in total. The van der Waals surface area contributed by atoms with Crippen molar-refractivity contribution in [2.75, 3.05) is 13.1 Å². The first-order valence-corrected chi connectivity index (χ1v) is 11.4. The highest BCUT2D eigenvalue weighted by Crippen LogP contribution is 2.48. The van der Waals surface area contributed by atoms with Crippen molar-refractivity contribution in [3.05, 3.63) is 134 Å². The van der Waals surface area contributed by atoms with Gasteiger partial charge in [0.05, 0.1) is 13.1 Å². The highest BCUT2D eigenvalue weighted by molar-refractivity contribution is 5.70.